The van der Waals surface area contributed by atoms with Gasteiger partial charge in [0, 0.05) is 26.4 Å². The highest BCUT2D eigenvalue weighted by Gasteiger charge is 2.11. The SMILES string of the molecule is Cc1cc(NC(=O)Cn2ccc(-c3ncnn3C)n2)n(C)n1. The minimum absolute atomic E-state index is 0.113. The molecule has 0 aliphatic rings. The van der Waals surface area contributed by atoms with E-state index in [-0.39, 0.29) is 12.5 Å². The second kappa shape index (κ2) is 5.43. The largest absolute Gasteiger partial charge is 0.309 e. The zero-order valence-electron chi connectivity index (χ0n) is 12.6. The summed E-state index contributed by atoms with van der Waals surface area (Å²) in [7, 11) is 3.57. The van der Waals surface area contributed by atoms with Crippen LogP contribution < -0.4 is 5.32 Å². The highest BCUT2D eigenvalue weighted by atomic mass is 16.2. The first-order chi connectivity index (χ1) is 10.5. The van der Waals surface area contributed by atoms with Crippen molar-refractivity contribution in [2.45, 2.75) is 13.5 Å². The van der Waals surface area contributed by atoms with Crippen LogP contribution in [-0.4, -0.2) is 40.2 Å². The van der Waals surface area contributed by atoms with Gasteiger partial charge in [-0.25, -0.2) is 9.67 Å². The summed E-state index contributed by atoms with van der Waals surface area (Å²) < 4.78 is 4.81. The maximum atomic E-state index is 12.1. The van der Waals surface area contributed by atoms with Crippen LogP contribution in [-0.2, 0) is 25.4 Å². The number of carbonyl (C=O) groups excluding carboxylic acids is 1. The Labute approximate surface area is 126 Å². The van der Waals surface area contributed by atoms with Crippen LogP contribution >= 0.6 is 0 Å². The van der Waals surface area contributed by atoms with Crippen LogP contribution in [0.3, 0.4) is 0 Å². The molecule has 3 rings (SSSR count). The highest BCUT2D eigenvalue weighted by Crippen LogP contribution is 2.12. The van der Waals surface area contributed by atoms with Gasteiger partial charge in [0.05, 0.1) is 5.69 Å². The standard InChI is InChI=1S/C13H16N8O/c1-9-6-11(19(2)17-9)16-12(22)7-21-5-4-10(18-21)13-14-8-15-20(13)3/h4-6,8H,7H2,1-3H3,(H,16,22). The lowest BCUT2D eigenvalue weighted by Gasteiger charge is -2.05. The van der Waals surface area contributed by atoms with E-state index in [9.17, 15) is 4.79 Å². The van der Waals surface area contributed by atoms with Crippen LogP contribution in [0.4, 0.5) is 5.82 Å². The second-order valence-corrected chi connectivity index (χ2v) is 4.95. The van der Waals surface area contributed by atoms with Gasteiger partial charge in [-0.3, -0.25) is 14.2 Å². The first-order valence-electron chi connectivity index (χ1n) is 6.71. The van der Waals surface area contributed by atoms with Crippen molar-refractivity contribution in [1.82, 2.24) is 34.3 Å². The molecule has 0 fully saturated rings. The van der Waals surface area contributed by atoms with Gasteiger partial charge in [-0.05, 0) is 13.0 Å². The molecule has 1 N–H and O–H groups in total. The van der Waals surface area contributed by atoms with E-state index in [4.69, 9.17) is 0 Å². The maximum absolute atomic E-state index is 12.1. The summed E-state index contributed by atoms with van der Waals surface area (Å²) in [6.45, 7) is 1.98. The Morgan fingerprint density at radius 3 is 2.73 bits per heavy atom. The predicted octanol–water partition coefficient (Wildman–Crippen LogP) is 0.359. The number of hydrogen-bond acceptors (Lipinski definition) is 5. The minimum atomic E-state index is -0.171. The number of nitrogens with zero attached hydrogens (tertiary/aromatic N) is 7. The molecule has 0 radical (unpaired) electrons. The fraction of sp³-hybridized carbons (Fsp3) is 0.308. The summed E-state index contributed by atoms with van der Waals surface area (Å²) in [5.41, 5.74) is 1.52. The third kappa shape index (κ3) is 2.73. The summed E-state index contributed by atoms with van der Waals surface area (Å²) in [6.07, 6.45) is 3.20. The van der Waals surface area contributed by atoms with Crippen LogP contribution in [0.1, 0.15) is 5.69 Å². The smallest absolute Gasteiger partial charge is 0.247 e. The van der Waals surface area contributed by atoms with Gasteiger partial charge >= 0.3 is 0 Å². The molecule has 9 nitrogen and oxygen atoms in total. The molecule has 3 aromatic rings. The lowest BCUT2D eigenvalue weighted by molar-refractivity contribution is -0.116. The molecule has 0 bridgehead atoms. The van der Waals surface area contributed by atoms with E-state index in [1.165, 1.54) is 6.33 Å². The molecule has 0 aliphatic heterocycles. The van der Waals surface area contributed by atoms with Gasteiger partial charge in [-0.1, -0.05) is 0 Å². The van der Waals surface area contributed by atoms with Gasteiger partial charge in [0.15, 0.2) is 5.82 Å². The molecule has 1 amide bonds. The molecule has 9 heteroatoms. The quantitative estimate of drug-likeness (QED) is 0.750. The van der Waals surface area contributed by atoms with Crippen molar-refractivity contribution in [3.8, 4) is 11.5 Å². The van der Waals surface area contributed by atoms with Crippen molar-refractivity contribution >= 4 is 11.7 Å². The zero-order valence-corrected chi connectivity index (χ0v) is 12.6. The molecule has 0 spiro atoms. The van der Waals surface area contributed by atoms with Gasteiger partial charge < -0.3 is 5.32 Å². The molecule has 114 valence electrons. The molecule has 0 saturated heterocycles. The second-order valence-electron chi connectivity index (χ2n) is 4.95. The van der Waals surface area contributed by atoms with Crippen LogP contribution in [0.5, 0.6) is 0 Å². The lowest BCUT2D eigenvalue weighted by Crippen LogP contribution is -2.20. The molecule has 0 saturated carbocycles. The summed E-state index contributed by atoms with van der Waals surface area (Å²) in [6, 6.07) is 3.61. The van der Waals surface area contributed by atoms with Crippen molar-refractivity contribution in [2.24, 2.45) is 14.1 Å². The fourth-order valence-electron chi connectivity index (χ4n) is 2.15. The number of nitrogens with one attached hydrogen (secondary N) is 1. The van der Waals surface area contributed by atoms with E-state index < -0.39 is 0 Å². The van der Waals surface area contributed by atoms with Gasteiger partial charge in [0.1, 0.15) is 24.4 Å². The molecule has 3 aromatic heterocycles. The Morgan fingerprint density at radius 1 is 1.27 bits per heavy atom. The van der Waals surface area contributed by atoms with E-state index in [0.29, 0.717) is 17.3 Å². The number of aryl methyl sites for hydroxylation is 3. The Morgan fingerprint density at radius 2 is 2.09 bits per heavy atom. The van der Waals surface area contributed by atoms with Gasteiger partial charge in [-0.15, -0.1) is 0 Å². The number of hydrogen-bond donors (Lipinski definition) is 1. The summed E-state index contributed by atoms with van der Waals surface area (Å²) in [5, 5.41) is 15.3. The molecular weight excluding hydrogens is 284 g/mol. The first kappa shape index (κ1) is 14.0. The van der Waals surface area contributed by atoms with Crippen molar-refractivity contribution in [2.75, 3.05) is 5.32 Å². The lowest BCUT2D eigenvalue weighted by atomic mass is 10.4. The van der Waals surface area contributed by atoms with E-state index in [2.05, 4.69) is 25.6 Å². The predicted molar refractivity (Wildman–Crippen MR) is 78.8 cm³/mol. The van der Waals surface area contributed by atoms with Crippen molar-refractivity contribution in [3.63, 3.8) is 0 Å². The van der Waals surface area contributed by atoms with Crippen LogP contribution in [0.25, 0.3) is 11.5 Å². The average molecular weight is 300 g/mol. The first-order valence-corrected chi connectivity index (χ1v) is 6.71. The van der Waals surface area contributed by atoms with E-state index >= 15 is 0 Å². The van der Waals surface area contributed by atoms with Crippen LogP contribution in [0.2, 0.25) is 0 Å². The number of rotatable bonds is 4. The number of anilines is 1. The molecule has 0 atom stereocenters. The summed E-state index contributed by atoms with van der Waals surface area (Å²) in [5.74, 6) is 1.14. The Balaban J connectivity index is 1.69. The van der Waals surface area contributed by atoms with Crippen LogP contribution in [0.15, 0.2) is 24.7 Å². The fourth-order valence-corrected chi connectivity index (χ4v) is 2.15. The van der Waals surface area contributed by atoms with Crippen LogP contribution in [0, 0.1) is 6.92 Å². The summed E-state index contributed by atoms with van der Waals surface area (Å²) in [4.78, 5) is 16.2. The minimum Gasteiger partial charge on any atom is -0.309 e. The van der Waals surface area contributed by atoms with Gasteiger partial charge in [-0.2, -0.15) is 15.3 Å². The third-order valence-electron chi connectivity index (χ3n) is 3.16. The summed E-state index contributed by atoms with van der Waals surface area (Å²) >= 11 is 0. The molecule has 0 unspecified atom stereocenters. The maximum Gasteiger partial charge on any atom is 0.247 e. The van der Waals surface area contributed by atoms with Gasteiger partial charge in [0.25, 0.3) is 0 Å². The van der Waals surface area contributed by atoms with E-state index in [1.807, 2.05) is 13.0 Å². The Kier molecular flexibility index (Phi) is 3.45. The van der Waals surface area contributed by atoms with Gasteiger partial charge in [0.2, 0.25) is 5.91 Å². The Hall–Kier alpha value is -2.97. The van der Waals surface area contributed by atoms with E-state index in [0.717, 1.165) is 5.69 Å². The average Bonchev–Trinajstić information content (AvgIpc) is 3.12. The van der Waals surface area contributed by atoms with Crippen molar-refractivity contribution in [1.29, 1.82) is 0 Å². The molecule has 0 aliphatic carbocycles. The number of carbonyl (C=O) groups is 1. The van der Waals surface area contributed by atoms with Crippen molar-refractivity contribution in [3.05, 3.63) is 30.4 Å². The molecule has 3 heterocycles. The third-order valence-corrected chi connectivity index (χ3v) is 3.16. The Bertz CT molecular complexity index is 812. The number of aromatic nitrogens is 7. The highest BCUT2D eigenvalue weighted by molar-refractivity contribution is 5.89. The molecule has 0 aromatic carbocycles. The number of amides is 1. The molecule has 22 heavy (non-hydrogen) atoms. The normalized spacial score (nSPS) is 10.9. The zero-order chi connectivity index (χ0) is 15.7. The molecular formula is C13H16N8O. The topological polar surface area (TPSA) is 95.5 Å². The van der Waals surface area contributed by atoms with Crippen molar-refractivity contribution < 1.29 is 4.79 Å². The monoisotopic (exact) mass is 300 g/mol. The van der Waals surface area contributed by atoms with E-state index in [1.54, 1.807) is 40.4 Å².